The Morgan fingerprint density at radius 2 is 1.97 bits per heavy atom. The maximum absolute atomic E-state index is 11.9. The first-order valence-corrected chi connectivity index (χ1v) is 11.0. The van der Waals surface area contributed by atoms with Gasteiger partial charge in [-0.1, -0.05) is 29.6 Å². The van der Waals surface area contributed by atoms with Gasteiger partial charge in [-0.15, -0.1) is 0 Å². The van der Waals surface area contributed by atoms with Crippen LogP contribution in [0.5, 0.6) is 17.4 Å². The number of benzene rings is 1. The van der Waals surface area contributed by atoms with Crippen molar-refractivity contribution in [2.45, 2.75) is 32.1 Å². The van der Waals surface area contributed by atoms with E-state index in [2.05, 4.69) is 20.2 Å². The van der Waals surface area contributed by atoms with E-state index in [4.69, 9.17) is 37.9 Å². The molecule has 0 spiro atoms. The third-order valence-electron chi connectivity index (χ3n) is 4.92. The maximum Gasteiger partial charge on any atom is 0.414 e. The van der Waals surface area contributed by atoms with E-state index in [0.29, 0.717) is 17.5 Å². The molecule has 2 aromatic rings. The molecule has 0 atom stereocenters. The number of nitriles is 1. The van der Waals surface area contributed by atoms with Crippen LogP contribution in [-0.4, -0.2) is 36.4 Å². The van der Waals surface area contributed by atoms with Gasteiger partial charge in [0.1, 0.15) is 11.8 Å². The Hall–Kier alpha value is -3.55. The molecule has 0 radical (unpaired) electrons. The number of hydrazone groups is 1. The SMILES string of the molecule is CCOC(=O)NC(=O)C(C#N)=NNc1cc(Cl)c(Oc2cnc(OC)c(C3CCC3)c2)c(Cl)c1. The zero-order valence-electron chi connectivity index (χ0n) is 18.4. The van der Waals surface area contributed by atoms with Crippen molar-refractivity contribution in [3.63, 3.8) is 0 Å². The third-order valence-corrected chi connectivity index (χ3v) is 5.48. The molecular formula is C22H21Cl2N5O5. The molecule has 1 heterocycles. The lowest BCUT2D eigenvalue weighted by Gasteiger charge is -2.27. The van der Waals surface area contributed by atoms with Gasteiger partial charge in [0.05, 0.1) is 35.6 Å². The summed E-state index contributed by atoms with van der Waals surface area (Å²) in [4.78, 5) is 27.6. The van der Waals surface area contributed by atoms with Crippen LogP contribution < -0.4 is 20.2 Å². The van der Waals surface area contributed by atoms with Crippen molar-refractivity contribution in [1.29, 1.82) is 5.26 Å². The third kappa shape index (κ3) is 6.07. The highest BCUT2D eigenvalue weighted by Crippen LogP contribution is 2.43. The number of carbonyl (C=O) groups excluding carboxylic acids is 2. The van der Waals surface area contributed by atoms with Crippen LogP contribution in [0.15, 0.2) is 29.5 Å². The molecule has 34 heavy (non-hydrogen) atoms. The van der Waals surface area contributed by atoms with Gasteiger partial charge in [-0.3, -0.25) is 15.5 Å². The van der Waals surface area contributed by atoms with E-state index >= 15 is 0 Å². The van der Waals surface area contributed by atoms with Gasteiger partial charge in [-0.05, 0) is 43.9 Å². The fourth-order valence-electron chi connectivity index (χ4n) is 3.09. The summed E-state index contributed by atoms with van der Waals surface area (Å²) in [6.07, 6.45) is 3.81. The summed E-state index contributed by atoms with van der Waals surface area (Å²) in [6, 6.07) is 6.35. The standard InChI is InChI=1S/C22H21Cl2N5O5/c1-3-33-22(31)27-20(30)18(10-25)29-28-13-7-16(23)19(17(24)8-13)34-14-9-15(12-5-4-6-12)21(32-2)26-11-14/h7-9,11-12,28H,3-6H2,1-2H3,(H,27,30,31). The molecule has 178 valence electrons. The van der Waals surface area contributed by atoms with Crippen LogP contribution >= 0.6 is 23.2 Å². The molecule has 1 aromatic carbocycles. The summed E-state index contributed by atoms with van der Waals surface area (Å²) < 4.78 is 15.8. The minimum atomic E-state index is -1.03. The van der Waals surface area contributed by atoms with E-state index < -0.39 is 17.7 Å². The Bertz CT molecular complexity index is 1140. The van der Waals surface area contributed by atoms with Crippen LogP contribution in [0.25, 0.3) is 0 Å². The molecule has 1 aliphatic carbocycles. The number of methoxy groups -OCH3 is 1. The van der Waals surface area contributed by atoms with Crippen molar-refractivity contribution < 1.29 is 23.8 Å². The van der Waals surface area contributed by atoms with E-state index in [1.807, 2.05) is 11.4 Å². The average molecular weight is 506 g/mol. The van der Waals surface area contributed by atoms with Crippen molar-refractivity contribution in [3.05, 3.63) is 40.0 Å². The van der Waals surface area contributed by atoms with E-state index in [-0.39, 0.29) is 28.1 Å². The lowest BCUT2D eigenvalue weighted by Crippen LogP contribution is -2.36. The number of rotatable bonds is 8. The summed E-state index contributed by atoms with van der Waals surface area (Å²) in [5.74, 6) is 0.557. The monoisotopic (exact) mass is 505 g/mol. The van der Waals surface area contributed by atoms with Gasteiger partial charge in [0.2, 0.25) is 11.6 Å². The second kappa shape index (κ2) is 11.5. The average Bonchev–Trinajstić information content (AvgIpc) is 2.76. The number of halogens is 2. The molecule has 0 saturated heterocycles. The van der Waals surface area contributed by atoms with Crippen LogP contribution in [0, 0.1) is 11.3 Å². The highest BCUT2D eigenvalue weighted by Gasteiger charge is 2.25. The van der Waals surface area contributed by atoms with Crippen LogP contribution in [0.4, 0.5) is 10.5 Å². The van der Waals surface area contributed by atoms with E-state index in [1.165, 1.54) is 18.3 Å². The first kappa shape index (κ1) is 25.1. The number of aromatic nitrogens is 1. The molecule has 0 aliphatic heterocycles. The van der Waals surface area contributed by atoms with Gasteiger partial charge in [-0.25, -0.2) is 9.78 Å². The van der Waals surface area contributed by atoms with Gasteiger partial charge in [-0.2, -0.15) is 10.4 Å². The Morgan fingerprint density at radius 3 is 2.53 bits per heavy atom. The van der Waals surface area contributed by atoms with Crippen molar-refractivity contribution in [2.75, 3.05) is 19.1 Å². The van der Waals surface area contributed by atoms with Gasteiger partial charge >= 0.3 is 6.09 Å². The van der Waals surface area contributed by atoms with Gasteiger partial charge in [0, 0.05) is 5.56 Å². The van der Waals surface area contributed by atoms with Crippen LogP contribution in [-0.2, 0) is 9.53 Å². The fourth-order valence-corrected chi connectivity index (χ4v) is 3.66. The Balaban J connectivity index is 1.75. The van der Waals surface area contributed by atoms with Crippen LogP contribution in [0.2, 0.25) is 10.0 Å². The zero-order chi connectivity index (χ0) is 24.7. The lowest BCUT2D eigenvalue weighted by molar-refractivity contribution is -0.114. The van der Waals surface area contributed by atoms with Crippen molar-refractivity contribution in [2.24, 2.45) is 5.10 Å². The first-order valence-electron chi connectivity index (χ1n) is 10.3. The Kier molecular flexibility index (Phi) is 8.51. The molecule has 1 aliphatic rings. The number of ether oxygens (including phenoxy) is 3. The largest absolute Gasteiger partial charge is 0.481 e. The number of imide groups is 1. The minimum Gasteiger partial charge on any atom is -0.481 e. The summed E-state index contributed by atoms with van der Waals surface area (Å²) in [6.45, 7) is 1.64. The van der Waals surface area contributed by atoms with Crippen molar-refractivity contribution in [3.8, 4) is 23.4 Å². The van der Waals surface area contributed by atoms with Gasteiger partial charge in [0.15, 0.2) is 5.75 Å². The molecule has 0 unspecified atom stereocenters. The fraction of sp³-hybridized carbons (Fsp3) is 0.318. The number of nitrogens with zero attached hydrogens (tertiary/aromatic N) is 3. The molecule has 3 rings (SSSR count). The van der Waals surface area contributed by atoms with E-state index in [1.54, 1.807) is 20.1 Å². The highest BCUT2D eigenvalue weighted by molar-refractivity contribution is 6.47. The van der Waals surface area contributed by atoms with Crippen molar-refractivity contribution >= 4 is 46.6 Å². The highest BCUT2D eigenvalue weighted by atomic mass is 35.5. The molecular weight excluding hydrogens is 485 g/mol. The van der Waals surface area contributed by atoms with Crippen LogP contribution in [0.1, 0.15) is 37.7 Å². The Morgan fingerprint density at radius 1 is 1.26 bits per heavy atom. The normalized spacial score (nSPS) is 13.3. The smallest absolute Gasteiger partial charge is 0.414 e. The number of hydrogen-bond donors (Lipinski definition) is 2. The molecule has 2 N–H and O–H groups in total. The lowest BCUT2D eigenvalue weighted by atomic mass is 9.80. The summed E-state index contributed by atoms with van der Waals surface area (Å²) in [5, 5.41) is 15.0. The number of carbonyl (C=O) groups is 2. The summed E-state index contributed by atoms with van der Waals surface area (Å²) in [5.41, 5.74) is 3.15. The summed E-state index contributed by atoms with van der Waals surface area (Å²) >= 11 is 12.7. The number of hydrogen-bond acceptors (Lipinski definition) is 9. The minimum absolute atomic E-state index is 0.0658. The predicted molar refractivity (Wildman–Crippen MR) is 126 cm³/mol. The number of pyridine rings is 1. The van der Waals surface area contributed by atoms with Gasteiger partial charge in [0.25, 0.3) is 5.91 Å². The second-order valence-corrected chi connectivity index (χ2v) is 7.94. The topological polar surface area (TPSA) is 135 Å². The molecule has 2 amide bonds. The Labute approximate surface area is 205 Å². The number of nitrogens with one attached hydrogen (secondary N) is 2. The molecule has 12 heteroatoms. The molecule has 0 bridgehead atoms. The predicted octanol–water partition coefficient (Wildman–Crippen LogP) is 5.02. The van der Waals surface area contributed by atoms with E-state index in [0.717, 1.165) is 24.8 Å². The molecule has 1 aromatic heterocycles. The zero-order valence-corrected chi connectivity index (χ0v) is 19.9. The molecule has 1 fully saturated rings. The molecule has 1 saturated carbocycles. The second-order valence-electron chi connectivity index (χ2n) is 7.13. The van der Waals surface area contributed by atoms with E-state index in [9.17, 15) is 9.59 Å². The summed E-state index contributed by atoms with van der Waals surface area (Å²) in [7, 11) is 1.57. The van der Waals surface area contributed by atoms with Crippen LogP contribution in [0.3, 0.4) is 0 Å². The number of anilines is 1. The number of alkyl carbamates (subject to hydrolysis) is 1. The first-order chi connectivity index (χ1) is 16.4. The number of amides is 2. The molecule has 10 nitrogen and oxygen atoms in total. The maximum atomic E-state index is 11.9. The van der Waals surface area contributed by atoms with Crippen molar-refractivity contribution in [1.82, 2.24) is 10.3 Å². The quantitative estimate of drug-likeness (QED) is 0.376. The van der Waals surface area contributed by atoms with Gasteiger partial charge < -0.3 is 14.2 Å².